The van der Waals surface area contributed by atoms with E-state index in [1.807, 2.05) is 32.0 Å². The van der Waals surface area contributed by atoms with Gasteiger partial charge in [-0.05, 0) is 12.0 Å². The number of nitrogens with two attached hydrogens (primary N) is 1. The number of hydrogen-bond acceptors (Lipinski definition) is 4. The lowest BCUT2D eigenvalue weighted by Crippen LogP contribution is -2.45. The number of carbonyl (C=O) groups excluding carboxylic acids is 1. The molecule has 118 valence electrons. The van der Waals surface area contributed by atoms with Crippen LogP contribution in [0.15, 0.2) is 18.2 Å². The van der Waals surface area contributed by atoms with Crippen LogP contribution in [0.1, 0.15) is 25.8 Å². The molecular weight excluding hydrogens is 268 g/mol. The minimum atomic E-state index is -0.475. The predicted molar refractivity (Wildman–Crippen MR) is 83.5 cm³/mol. The Bertz CT molecular complexity index is 477. The third-order valence-corrected chi connectivity index (χ3v) is 3.81. The topological polar surface area (TPSA) is 64.8 Å². The Morgan fingerprint density at radius 1 is 1.33 bits per heavy atom. The number of methoxy groups -OCH3 is 2. The molecule has 0 aromatic heterocycles. The van der Waals surface area contributed by atoms with E-state index < -0.39 is 6.04 Å². The third kappa shape index (κ3) is 4.11. The van der Waals surface area contributed by atoms with E-state index in [-0.39, 0.29) is 11.8 Å². The van der Waals surface area contributed by atoms with E-state index in [2.05, 4.69) is 0 Å². The first-order chi connectivity index (χ1) is 9.96. The molecule has 5 heteroatoms. The van der Waals surface area contributed by atoms with Crippen molar-refractivity contribution in [2.45, 2.75) is 32.9 Å². The Morgan fingerprint density at radius 2 is 2.00 bits per heavy atom. The van der Waals surface area contributed by atoms with Crippen LogP contribution in [-0.4, -0.2) is 38.1 Å². The molecule has 1 amide bonds. The molecule has 0 radical (unpaired) electrons. The largest absolute Gasteiger partial charge is 0.493 e. The van der Waals surface area contributed by atoms with Gasteiger partial charge in [-0.3, -0.25) is 4.79 Å². The van der Waals surface area contributed by atoms with Gasteiger partial charge >= 0.3 is 0 Å². The number of nitrogens with zero attached hydrogens (tertiary/aromatic N) is 1. The molecule has 0 aliphatic carbocycles. The van der Waals surface area contributed by atoms with Crippen LogP contribution in [0.5, 0.6) is 11.5 Å². The van der Waals surface area contributed by atoms with Gasteiger partial charge in [0.2, 0.25) is 5.91 Å². The van der Waals surface area contributed by atoms with E-state index in [0.29, 0.717) is 18.0 Å². The van der Waals surface area contributed by atoms with Gasteiger partial charge in [0.25, 0.3) is 0 Å². The summed E-state index contributed by atoms with van der Waals surface area (Å²) in [5.41, 5.74) is 6.90. The lowest BCUT2D eigenvalue weighted by atomic mass is 9.99. The fourth-order valence-electron chi connectivity index (χ4n) is 2.16. The Hall–Kier alpha value is -1.75. The molecule has 1 aromatic carbocycles. The van der Waals surface area contributed by atoms with Gasteiger partial charge in [-0.25, -0.2) is 0 Å². The van der Waals surface area contributed by atoms with Crippen molar-refractivity contribution in [2.24, 2.45) is 11.7 Å². The maximum Gasteiger partial charge on any atom is 0.239 e. The van der Waals surface area contributed by atoms with Gasteiger partial charge in [0.1, 0.15) is 0 Å². The molecule has 0 heterocycles. The number of hydrogen-bond donors (Lipinski definition) is 1. The Labute approximate surface area is 127 Å². The first kappa shape index (κ1) is 17.3. The molecule has 1 aromatic rings. The highest BCUT2D eigenvalue weighted by Crippen LogP contribution is 2.31. The van der Waals surface area contributed by atoms with Gasteiger partial charge in [-0.2, -0.15) is 0 Å². The normalized spacial score (nSPS) is 13.4. The summed E-state index contributed by atoms with van der Waals surface area (Å²) in [5.74, 6) is 1.40. The van der Waals surface area contributed by atoms with Crippen molar-refractivity contribution >= 4 is 5.91 Å². The van der Waals surface area contributed by atoms with Crippen molar-refractivity contribution in [3.8, 4) is 11.5 Å². The fourth-order valence-corrected chi connectivity index (χ4v) is 2.16. The van der Waals surface area contributed by atoms with Gasteiger partial charge in [0.15, 0.2) is 11.5 Å². The quantitative estimate of drug-likeness (QED) is 0.836. The molecule has 2 atom stereocenters. The van der Waals surface area contributed by atoms with E-state index in [1.54, 1.807) is 26.2 Å². The number of rotatable bonds is 7. The molecule has 0 fully saturated rings. The molecule has 0 saturated heterocycles. The van der Waals surface area contributed by atoms with Gasteiger partial charge < -0.3 is 20.1 Å². The summed E-state index contributed by atoms with van der Waals surface area (Å²) in [6, 6.07) is 5.15. The molecule has 0 unspecified atom stereocenters. The molecule has 0 bridgehead atoms. The zero-order valence-electron chi connectivity index (χ0n) is 13.6. The van der Waals surface area contributed by atoms with Crippen LogP contribution in [0.2, 0.25) is 0 Å². The maximum absolute atomic E-state index is 12.3. The fraction of sp³-hybridized carbons (Fsp3) is 0.562. The van der Waals surface area contributed by atoms with Gasteiger partial charge in [-0.15, -0.1) is 0 Å². The highest BCUT2D eigenvalue weighted by molar-refractivity contribution is 5.81. The van der Waals surface area contributed by atoms with Crippen molar-refractivity contribution in [3.05, 3.63) is 23.8 Å². The maximum atomic E-state index is 12.3. The summed E-state index contributed by atoms with van der Waals surface area (Å²) in [6.45, 7) is 4.45. The Kier molecular flexibility index (Phi) is 6.49. The summed E-state index contributed by atoms with van der Waals surface area (Å²) in [6.07, 6.45) is 0.878. The Balaban J connectivity index is 2.88. The number of likely N-dealkylation sites (N-methyl/N-ethyl adjacent to an activating group) is 1. The molecule has 0 saturated carbocycles. The van der Waals surface area contributed by atoms with E-state index >= 15 is 0 Å². The molecule has 0 spiro atoms. The van der Waals surface area contributed by atoms with Gasteiger partial charge in [-0.1, -0.05) is 32.4 Å². The number of benzene rings is 1. The molecule has 0 aliphatic rings. The summed E-state index contributed by atoms with van der Waals surface area (Å²) in [4.78, 5) is 14.0. The minimum absolute atomic E-state index is 0.0609. The van der Waals surface area contributed by atoms with Gasteiger partial charge in [0.05, 0.1) is 20.3 Å². The zero-order valence-corrected chi connectivity index (χ0v) is 13.6. The number of carbonyl (C=O) groups is 1. The van der Waals surface area contributed by atoms with E-state index in [1.165, 1.54) is 0 Å². The first-order valence-corrected chi connectivity index (χ1v) is 7.16. The summed E-state index contributed by atoms with van der Waals surface area (Å²) >= 11 is 0. The van der Waals surface area contributed by atoms with E-state index in [9.17, 15) is 4.79 Å². The van der Waals surface area contributed by atoms with Crippen LogP contribution >= 0.6 is 0 Å². The van der Waals surface area contributed by atoms with Crippen molar-refractivity contribution < 1.29 is 14.3 Å². The summed E-state index contributed by atoms with van der Waals surface area (Å²) in [7, 11) is 4.94. The third-order valence-electron chi connectivity index (χ3n) is 3.81. The molecular formula is C16H26N2O3. The monoisotopic (exact) mass is 294 g/mol. The summed E-state index contributed by atoms with van der Waals surface area (Å²) < 4.78 is 10.7. The number of ether oxygens (including phenoxy) is 2. The van der Waals surface area contributed by atoms with Crippen molar-refractivity contribution in [1.82, 2.24) is 4.90 Å². The first-order valence-electron chi connectivity index (χ1n) is 7.16. The van der Waals surface area contributed by atoms with E-state index in [4.69, 9.17) is 15.2 Å². The standard InChI is InChI=1S/C16H26N2O3/c1-6-11(2)14(17)16(19)18(3)10-12-8-7-9-13(20-4)15(12)21-5/h7-9,11,14H,6,10,17H2,1-5H3/t11-,14-/m0/s1. The lowest BCUT2D eigenvalue weighted by Gasteiger charge is -2.25. The van der Waals surface area contributed by atoms with Crippen molar-refractivity contribution in [2.75, 3.05) is 21.3 Å². The zero-order chi connectivity index (χ0) is 16.0. The molecule has 0 aliphatic heterocycles. The van der Waals surface area contributed by atoms with Crippen molar-refractivity contribution in [3.63, 3.8) is 0 Å². The Morgan fingerprint density at radius 3 is 2.52 bits per heavy atom. The minimum Gasteiger partial charge on any atom is -0.493 e. The second-order valence-corrected chi connectivity index (χ2v) is 5.26. The second kappa shape index (κ2) is 7.88. The van der Waals surface area contributed by atoms with Crippen LogP contribution in [0.25, 0.3) is 0 Å². The smallest absolute Gasteiger partial charge is 0.239 e. The highest BCUT2D eigenvalue weighted by atomic mass is 16.5. The highest BCUT2D eigenvalue weighted by Gasteiger charge is 2.23. The van der Waals surface area contributed by atoms with Crippen LogP contribution in [0.4, 0.5) is 0 Å². The van der Waals surface area contributed by atoms with Crippen LogP contribution in [-0.2, 0) is 11.3 Å². The van der Waals surface area contributed by atoms with E-state index in [0.717, 1.165) is 12.0 Å². The number of amides is 1. The molecule has 2 N–H and O–H groups in total. The molecule has 21 heavy (non-hydrogen) atoms. The lowest BCUT2D eigenvalue weighted by molar-refractivity contribution is -0.133. The SMILES string of the molecule is CC[C@H](C)[C@H](N)C(=O)N(C)Cc1cccc(OC)c1OC. The van der Waals surface area contributed by atoms with Crippen LogP contribution in [0, 0.1) is 5.92 Å². The average molecular weight is 294 g/mol. The van der Waals surface area contributed by atoms with Crippen LogP contribution < -0.4 is 15.2 Å². The van der Waals surface area contributed by atoms with Gasteiger partial charge in [0, 0.05) is 19.2 Å². The second-order valence-electron chi connectivity index (χ2n) is 5.26. The predicted octanol–water partition coefficient (Wildman–Crippen LogP) is 2.04. The summed E-state index contributed by atoms with van der Waals surface area (Å²) in [5, 5.41) is 0. The molecule has 1 rings (SSSR count). The molecule has 5 nitrogen and oxygen atoms in total. The number of para-hydroxylation sites is 1. The average Bonchev–Trinajstić information content (AvgIpc) is 2.51. The van der Waals surface area contributed by atoms with Crippen molar-refractivity contribution in [1.29, 1.82) is 0 Å². The van der Waals surface area contributed by atoms with Crippen LogP contribution in [0.3, 0.4) is 0 Å².